The normalized spacial score (nSPS) is 10.3. The average molecular weight is 390 g/mol. The lowest BCUT2D eigenvalue weighted by molar-refractivity contribution is -0.119. The number of carbonyl (C=O) groups is 2. The molecule has 3 rings (SSSR count). The van der Waals surface area contributed by atoms with E-state index >= 15 is 0 Å². The highest BCUT2D eigenvalue weighted by molar-refractivity contribution is 7.99. The molecule has 0 aliphatic heterocycles. The number of aromatic nitrogens is 3. The number of nitrogens with one attached hydrogen (secondary N) is 2. The highest BCUT2D eigenvalue weighted by Gasteiger charge is 2.12. The van der Waals surface area contributed by atoms with E-state index in [1.54, 1.807) is 48.8 Å². The number of hydrogen-bond acceptors (Lipinski definition) is 7. The van der Waals surface area contributed by atoms with Gasteiger partial charge in [-0.25, -0.2) is 0 Å². The van der Waals surface area contributed by atoms with Gasteiger partial charge in [-0.05, 0) is 36.4 Å². The molecule has 0 saturated carbocycles. The molecule has 8 nitrogen and oxygen atoms in total. The van der Waals surface area contributed by atoms with Crippen molar-refractivity contribution in [3.05, 3.63) is 59.4 Å². The van der Waals surface area contributed by atoms with Gasteiger partial charge in [0.25, 0.3) is 11.1 Å². The minimum Gasteiger partial charge on any atom is -0.411 e. The van der Waals surface area contributed by atoms with E-state index in [2.05, 4.69) is 26.0 Å². The van der Waals surface area contributed by atoms with Gasteiger partial charge in [-0.1, -0.05) is 23.4 Å². The van der Waals surface area contributed by atoms with Crippen molar-refractivity contribution in [3.8, 4) is 11.5 Å². The summed E-state index contributed by atoms with van der Waals surface area (Å²) < 4.78 is 5.45. The lowest BCUT2D eigenvalue weighted by atomic mass is 10.2. The summed E-state index contributed by atoms with van der Waals surface area (Å²) >= 11 is 6.81. The van der Waals surface area contributed by atoms with Gasteiger partial charge in [0.1, 0.15) is 0 Å². The van der Waals surface area contributed by atoms with Crippen LogP contribution in [-0.2, 0) is 4.79 Å². The Kier molecular flexibility index (Phi) is 5.82. The number of rotatable bonds is 5. The molecule has 26 heavy (non-hydrogen) atoms. The molecule has 0 aliphatic carbocycles. The summed E-state index contributed by atoms with van der Waals surface area (Å²) in [7, 11) is 0. The van der Waals surface area contributed by atoms with Crippen molar-refractivity contribution >= 4 is 35.2 Å². The van der Waals surface area contributed by atoms with Crippen molar-refractivity contribution in [1.82, 2.24) is 26.0 Å². The molecule has 3 aromatic rings. The number of hydrogen-bond donors (Lipinski definition) is 2. The summed E-state index contributed by atoms with van der Waals surface area (Å²) in [6, 6.07) is 9.82. The Balaban J connectivity index is 1.46. The number of hydrazine groups is 1. The van der Waals surface area contributed by atoms with Crippen LogP contribution in [0.5, 0.6) is 0 Å². The van der Waals surface area contributed by atoms with Crippen LogP contribution in [0.3, 0.4) is 0 Å². The van der Waals surface area contributed by atoms with Gasteiger partial charge in [0.2, 0.25) is 11.8 Å². The maximum Gasteiger partial charge on any atom is 0.277 e. The average Bonchev–Trinajstić information content (AvgIpc) is 3.15. The lowest BCUT2D eigenvalue weighted by Gasteiger charge is -2.06. The largest absolute Gasteiger partial charge is 0.411 e. The van der Waals surface area contributed by atoms with Gasteiger partial charge in [0.05, 0.1) is 11.3 Å². The van der Waals surface area contributed by atoms with Gasteiger partial charge in [0, 0.05) is 23.0 Å². The third-order valence-electron chi connectivity index (χ3n) is 3.06. The topological polar surface area (TPSA) is 110 Å². The highest BCUT2D eigenvalue weighted by Crippen LogP contribution is 2.22. The van der Waals surface area contributed by atoms with Crippen molar-refractivity contribution in [2.45, 2.75) is 5.22 Å². The Bertz CT molecular complexity index is 902. The molecular weight excluding hydrogens is 378 g/mol. The van der Waals surface area contributed by atoms with Crippen molar-refractivity contribution in [2.75, 3.05) is 5.75 Å². The predicted molar refractivity (Wildman–Crippen MR) is 95.3 cm³/mol. The molecule has 0 saturated heterocycles. The number of halogens is 1. The first-order chi connectivity index (χ1) is 12.6. The first-order valence-corrected chi connectivity index (χ1v) is 8.69. The highest BCUT2D eigenvalue weighted by atomic mass is 35.5. The molecule has 2 heterocycles. The Morgan fingerprint density at radius 1 is 1.12 bits per heavy atom. The minimum absolute atomic E-state index is 0.00439. The van der Waals surface area contributed by atoms with Gasteiger partial charge in [-0.15, -0.1) is 10.2 Å². The first kappa shape index (κ1) is 17.9. The molecule has 0 fully saturated rings. The van der Waals surface area contributed by atoms with Crippen LogP contribution in [0, 0.1) is 0 Å². The Hall–Kier alpha value is -2.91. The number of thioether (sulfide) groups is 1. The fourth-order valence-corrected chi connectivity index (χ4v) is 2.53. The third-order valence-corrected chi connectivity index (χ3v) is 4.13. The molecule has 1 aromatic carbocycles. The molecule has 0 atom stereocenters. The second-order valence-corrected chi connectivity index (χ2v) is 6.28. The molecule has 0 unspecified atom stereocenters. The molecule has 0 radical (unpaired) electrons. The summed E-state index contributed by atoms with van der Waals surface area (Å²) in [4.78, 5) is 27.7. The van der Waals surface area contributed by atoms with Crippen LogP contribution >= 0.6 is 23.4 Å². The monoisotopic (exact) mass is 389 g/mol. The van der Waals surface area contributed by atoms with E-state index in [0.29, 0.717) is 22.0 Å². The molecule has 2 N–H and O–H groups in total. The van der Waals surface area contributed by atoms with Crippen LogP contribution in [0.4, 0.5) is 0 Å². The van der Waals surface area contributed by atoms with Gasteiger partial charge in [-0.2, -0.15) is 0 Å². The van der Waals surface area contributed by atoms with E-state index in [0.717, 1.165) is 11.8 Å². The van der Waals surface area contributed by atoms with Crippen LogP contribution in [-0.4, -0.2) is 32.7 Å². The molecule has 0 bridgehead atoms. The van der Waals surface area contributed by atoms with E-state index < -0.39 is 11.8 Å². The fraction of sp³-hybridized carbons (Fsp3) is 0.0625. The lowest BCUT2D eigenvalue weighted by Crippen LogP contribution is -2.42. The molecule has 132 valence electrons. The fourth-order valence-electron chi connectivity index (χ4n) is 1.84. The Labute approximate surface area is 157 Å². The van der Waals surface area contributed by atoms with E-state index in [1.165, 1.54) is 0 Å². The standard InChI is InChI=1S/C16H12ClN5O3S/c17-12-5-3-10(4-6-12)14(24)20-19-13(23)9-26-16-22-21-15(25-16)11-2-1-7-18-8-11/h1-8H,9H2,(H,19,23)(H,20,24). The predicted octanol–water partition coefficient (Wildman–Crippen LogP) is 2.34. The van der Waals surface area contributed by atoms with Gasteiger partial charge >= 0.3 is 0 Å². The van der Waals surface area contributed by atoms with E-state index in [4.69, 9.17) is 16.0 Å². The molecule has 2 aromatic heterocycles. The van der Waals surface area contributed by atoms with Gasteiger partial charge in [0.15, 0.2) is 0 Å². The van der Waals surface area contributed by atoms with Crippen molar-refractivity contribution in [2.24, 2.45) is 0 Å². The Morgan fingerprint density at radius 3 is 2.65 bits per heavy atom. The van der Waals surface area contributed by atoms with Crippen LogP contribution in [0.15, 0.2) is 58.4 Å². The smallest absolute Gasteiger partial charge is 0.277 e. The number of nitrogens with zero attached hydrogens (tertiary/aromatic N) is 3. The van der Waals surface area contributed by atoms with Crippen LogP contribution in [0.25, 0.3) is 11.5 Å². The quantitative estimate of drug-likeness (QED) is 0.509. The van der Waals surface area contributed by atoms with Crippen molar-refractivity contribution in [3.63, 3.8) is 0 Å². The molecule has 10 heteroatoms. The van der Waals surface area contributed by atoms with Crippen molar-refractivity contribution < 1.29 is 14.0 Å². The van der Waals surface area contributed by atoms with Crippen molar-refractivity contribution in [1.29, 1.82) is 0 Å². The zero-order chi connectivity index (χ0) is 18.4. The summed E-state index contributed by atoms with van der Waals surface area (Å²) in [6.45, 7) is 0. The first-order valence-electron chi connectivity index (χ1n) is 7.33. The van der Waals surface area contributed by atoms with Crippen LogP contribution in [0.1, 0.15) is 10.4 Å². The second kappa shape index (κ2) is 8.45. The number of benzene rings is 1. The van der Waals surface area contributed by atoms with Gasteiger partial charge < -0.3 is 4.42 Å². The van der Waals surface area contributed by atoms with Gasteiger partial charge in [-0.3, -0.25) is 25.4 Å². The zero-order valence-corrected chi connectivity index (χ0v) is 14.8. The zero-order valence-electron chi connectivity index (χ0n) is 13.2. The summed E-state index contributed by atoms with van der Waals surface area (Å²) in [6.07, 6.45) is 3.24. The summed E-state index contributed by atoms with van der Waals surface area (Å²) in [5.41, 5.74) is 5.69. The Morgan fingerprint density at radius 2 is 1.92 bits per heavy atom. The van der Waals surface area contributed by atoms with Crippen LogP contribution in [0.2, 0.25) is 5.02 Å². The van der Waals surface area contributed by atoms with E-state index in [9.17, 15) is 9.59 Å². The maximum atomic E-state index is 11.9. The van der Waals surface area contributed by atoms with E-state index in [-0.39, 0.29) is 11.0 Å². The van der Waals surface area contributed by atoms with E-state index in [1.807, 2.05) is 0 Å². The third kappa shape index (κ3) is 4.80. The van der Waals surface area contributed by atoms with Crippen LogP contribution < -0.4 is 10.9 Å². The minimum atomic E-state index is -0.448. The maximum absolute atomic E-state index is 11.9. The number of amides is 2. The molecule has 2 amide bonds. The SMILES string of the molecule is O=C(CSc1nnc(-c2cccnc2)o1)NNC(=O)c1ccc(Cl)cc1. The second-order valence-electron chi connectivity index (χ2n) is 4.91. The molecule has 0 spiro atoms. The molecule has 0 aliphatic rings. The number of carbonyl (C=O) groups excluding carboxylic acids is 2. The molecular formula is C16H12ClN5O3S. The summed E-state index contributed by atoms with van der Waals surface area (Å²) in [5.74, 6) is -0.553. The number of pyridine rings is 1. The summed E-state index contributed by atoms with van der Waals surface area (Å²) in [5, 5.41) is 8.51.